The molecule has 4 rings (SSSR count). The minimum atomic E-state index is -0.0591. The highest BCUT2D eigenvalue weighted by molar-refractivity contribution is 5.91. The zero-order valence-corrected chi connectivity index (χ0v) is 19.4. The average molecular weight is 432 g/mol. The van der Waals surface area contributed by atoms with E-state index < -0.39 is 0 Å². The van der Waals surface area contributed by atoms with Crippen molar-refractivity contribution in [3.63, 3.8) is 0 Å². The number of anilines is 1. The Balaban J connectivity index is 1.58. The molecule has 0 radical (unpaired) electrons. The van der Waals surface area contributed by atoms with Crippen LogP contribution in [0.2, 0.25) is 0 Å². The minimum Gasteiger partial charge on any atom is -0.356 e. The smallest absolute Gasteiger partial charge is 0.322 e. The van der Waals surface area contributed by atoms with Gasteiger partial charge in [0.15, 0.2) is 5.76 Å². The highest BCUT2D eigenvalue weighted by Crippen LogP contribution is 2.28. The summed E-state index contributed by atoms with van der Waals surface area (Å²) in [6.07, 6.45) is 6.86. The number of aromatic nitrogens is 1. The van der Waals surface area contributed by atoms with Gasteiger partial charge in [0.1, 0.15) is 5.69 Å². The Bertz CT molecular complexity index is 1030. The molecule has 168 valence electrons. The SMILES string of the molecule is Cc1cc(C)c(NC(=O)N(Cc2cc(-c3ccccc3)on2)C2CCCCCC2)c(C)c1. The van der Waals surface area contributed by atoms with Crippen LogP contribution in [0.3, 0.4) is 0 Å². The van der Waals surface area contributed by atoms with E-state index in [1.165, 1.54) is 18.4 Å². The maximum atomic E-state index is 13.6. The Morgan fingerprint density at radius 1 is 1.00 bits per heavy atom. The highest BCUT2D eigenvalue weighted by atomic mass is 16.5. The topological polar surface area (TPSA) is 58.4 Å². The molecular formula is C27H33N3O2. The fraction of sp³-hybridized carbons (Fsp3) is 0.407. The van der Waals surface area contributed by atoms with Gasteiger partial charge in [-0.3, -0.25) is 0 Å². The molecule has 0 spiro atoms. The number of aryl methyl sites for hydroxylation is 3. The van der Waals surface area contributed by atoms with Gasteiger partial charge in [-0.05, 0) is 44.7 Å². The van der Waals surface area contributed by atoms with Gasteiger partial charge in [0.05, 0.1) is 6.54 Å². The van der Waals surface area contributed by atoms with E-state index in [0.717, 1.165) is 59.5 Å². The molecule has 5 nitrogen and oxygen atoms in total. The lowest BCUT2D eigenvalue weighted by Gasteiger charge is -2.31. The number of amides is 2. The summed E-state index contributed by atoms with van der Waals surface area (Å²) >= 11 is 0. The Hall–Kier alpha value is -3.08. The van der Waals surface area contributed by atoms with E-state index >= 15 is 0 Å². The van der Waals surface area contributed by atoms with Crippen molar-refractivity contribution < 1.29 is 9.32 Å². The van der Waals surface area contributed by atoms with E-state index in [9.17, 15) is 4.79 Å². The number of carbonyl (C=O) groups excluding carboxylic acids is 1. The van der Waals surface area contributed by atoms with E-state index in [2.05, 4.69) is 43.4 Å². The van der Waals surface area contributed by atoms with Crippen LogP contribution in [-0.4, -0.2) is 22.1 Å². The summed E-state index contributed by atoms with van der Waals surface area (Å²) in [5.41, 5.74) is 6.05. The Labute approximate surface area is 190 Å². The number of carbonyl (C=O) groups is 1. The van der Waals surface area contributed by atoms with Gasteiger partial charge in [-0.1, -0.05) is 78.9 Å². The molecule has 0 saturated heterocycles. The molecule has 0 aliphatic heterocycles. The fourth-order valence-corrected chi connectivity index (χ4v) is 4.79. The molecule has 3 aromatic rings. The molecule has 5 heteroatoms. The first-order valence-corrected chi connectivity index (χ1v) is 11.7. The zero-order valence-electron chi connectivity index (χ0n) is 19.4. The number of nitrogens with zero attached hydrogens (tertiary/aromatic N) is 2. The summed E-state index contributed by atoms with van der Waals surface area (Å²) < 4.78 is 5.60. The molecule has 2 amide bonds. The first-order valence-electron chi connectivity index (χ1n) is 11.7. The number of benzene rings is 2. The van der Waals surface area contributed by atoms with Crippen molar-refractivity contribution in [3.05, 3.63) is 70.9 Å². The van der Waals surface area contributed by atoms with Gasteiger partial charge in [0.25, 0.3) is 0 Å². The molecule has 0 atom stereocenters. The average Bonchev–Trinajstić information content (AvgIpc) is 3.08. The van der Waals surface area contributed by atoms with Gasteiger partial charge in [-0.15, -0.1) is 0 Å². The first kappa shape index (κ1) is 22.1. The quantitative estimate of drug-likeness (QED) is 0.441. The van der Waals surface area contributed by atoms with Crippen molar-refractivity contribution in [2.75, 3.05) is 5.32 Å². The Morgan fingerprint density at radius 3 is 2.31 bits per heavy atom. The second kappa shape index (κ2) is 10.0. The lowest BCUT2D eigenvalue weighted by Crippen LogP contribution is -2.42. The van der Waals surface area contributed by atoms with Gasteiger partial charge in [0, 0.05) is 23.4 Å². The maximum Gasteiger partial charge on any atom is 0.322 e. The van der Waals surface area contributed by atoms with Crippen molar-refractivity contribution in [2.45, 2.75) is 71.9 Å². The lowest BCUT2D eigenvalue weighted by atomic mass is 10.0. The Kier molecular flexibility index (Phi) is 6.93. The normalized spacial score (nSPS) is 14.7. The zero-order chi connectivity index (χ0) is 22.5. The van der Waals surface area contributed by atoms with Gasteiger partial charge < -0.3 is 14.7 Å². The molecule has 32 heavy (non-hydrogen) atoms. The van der Waals surface area contributed by atoms with E-state index in [-0.39, 0.29) is 12.1 Å². The monoisotopic (exact) mass is 431 g/mol. The molecule has 1 aromatic heterocycles. The van der Waals surface area contributed by atoms with Crippen molar-refractivity contribution in [3.8, 4) is 11.3 Å². The second-order valence-corrected chi connectivity index (χ2v) is 9.03. The maximum absolute atomic E-state index is 13.6. The third-order valence-corrected chi connectivity index (χ3v) is 6.38. The summed E-state index contributed by atoms with van der Waals surface area (Å²) in [6.45, 7) is 6.62. The van der Waals surface area contributed by atoms with Crippen molar-refractivity contribution >= 4 is 11.7 Å². The third kappa shape index (κ3) is 5.21. The van der Waals surface area contributed by atoms with Crippen molar-refractivity contribution in [1.29, 1.82) is 0 Å². The molecule has 1 saturated carbocycles. The second-order valence-electron chi connectivity index (χ2n) is 9.03. The third-order valence-electron chi connectivity index (χ3n) is 6.38. The van der Waals surface area contributed by atoms with Gasteiger partial charge in [-0.25, -0.2) is 4.79 Å². The molecule has 0 unspecified atom stereocenters. The summed E-state index contributed by atoms with van der Waals surface area (Å²) in [4.78, 5) is 15.5. The predicted molar refractivity (Wildman–Crippen MR) is 129 cm³/mol. The van der Waals surface area contributed by atoms with Crippen LogP contribution in [0.25, 0.3) is 11.3 Å². The van der Waals surface area contributed by atoms with Crippen LogP contribution < -0.4 is 5.32 Å². The number of hydrogen-bond acceptors (Lipinski definition) is 3. The molecule has 1 N–H and O–H groups in total. The van der Waals surface area contributed by atoms with E-state index in [4.69, 9.17) is 4.52 Å². The van der Waals surface area contributed by atoms with Crippen LogP contribution >= 0.6 is 0 Å². The predicted octanol–water partition coefficient (Wildman–Crippen LogP) is 7.02. The van der Waals surface area contributed by atoms with E-state index in [0.29, 0.717) is 6.54 Å². The van der Waals surface area contributed by atoms with E-state index in [1.807, 2.05) is 41.3 Å². The summed E-state index contributed by atoms with van der Waals surface area (Å²) in [7, 11) is 0. The van der Waals surface area contributed by atoms with Crippen LogP contribution in [0, 0.1) is 20.8 Å². The molecule has 1 aliphatic carbocycles. The van der Waals surface area contributed by atoms with Gasteiger partial charge >= 0.3 is 6.03 Å². The molecular weight excluding hydrogens is 398 g/mol. The largest absolute Gasteiger partial charge is 0.356 e. The molecule has 1 heterocycles. The molecule has 1 aliphatic rings. The van der Waals surface area contributed by atoms with Crippen LogP contribution in [-0.2, 0) is 6.54 Å². The number of nitrogens with one attached hydrogen (secondary N) is 1. The molecule has 1 fully saturated rings. The van der Waals surface area contributed by atoms with E-state index in [1.54, 1.807) is 0 Å². The molecule has 2 aromatic carbocycles. The van der Waals surface area contributed by atoms with Crippen LogP contribution in [0.1, 0.15) is 60.9 Å². The van der Waals surface area contributed by atoms with Crippen molar-refractivity contribution in [1.82, 2.24) is 10.1 Å². The van der Waals surface area contributed by atoms with Crippen LogP contribution in [0.15, 0.2) is 53.1 Å². The minimum absolute atomic E-state index is 0.0591. The summed E-state index contributed by atoms with van der Waals surface area (Å²) in [5.74, 6) is 0.729. The number of urea groups is 1. The number of hydrogen-bond donors (Lipinski definition) is 1. The Morgan fingerprint density at radius 2 is 1.66 bits per heavy atom. The van der Waals surface area contributed by atoms with Crippen molar-refractivity contribution in [2.24, 2.45) is 0 Å². The fourth-order valence-electron chi connectivity index (χ4n) is 4.79. The van der Waals surface area contributed by atoms with Crippen LogP contribution in [0.5, 0.6) is 0 Å². The van der Waals surface area contributed by atoms with Gasteiger partial charge in [-0.2, -0.15) is 0 Å². The summed E-state index contributed by atoms with van der Waals surface area (Å²) in [5, 5.41) is 7.50. The van der Waals surface area contributed by atoms with Crippen LogP contribution in [0.4, 0.5) is 10.5 Å². The van der Waals surface area contributed by atoms with Gasteiger partial charge in [0.2, 0.25) is 0 Å². The molecule has 0 bridgehead atoms. The standard InChI is InChI=1S/C27H33N3O2/c1-19-15-20(2)26(21(3)16-19)28-27(31)30(24-13-9-4-5-10-14-24)18-23-17-25(32-29-23)22-11-7-6-8-12-22/h6-8,11-12,15-17,24H,4-5,9-10,13-14,18H2,1-3H3,(H,28,31). The highest BCUT2D eigenvalue weighted by Gasteiger charge is 2.27. The first-order chi connectivity index (χ1) is 15.5. The summed E-state index contributed by atoms with van der Waals surface area (Å²) in [6, 6.07) is 16.3. The number of rotatable bonds is 5. The lowest BCUT2D eigenvalue weighted by molar-refractivity contribution is 0.173.